The number of hydrogen-bond donors (Lipinski definition) is 1. The van der Waals surface area contributed by atoms with Crippen LogP contribution in [0.1, 0.15) is 25.7 Å². The zero-order valence-corrected chi connectivity index (χ0v) is 9.48. The van der Waals surface area contributed by atoms with Gasteiger partial charge in [0.25, 0.3) is 0 Å². The van der Waals surface area contributed by atoms with Crippen molar-refractivity contribution >= 4 is 0 Å². The van der Waals surface area contributed by atoms with Crippen molar-refractivity contribution in [2.45, 2.75) is 31.3 Å². The zero-order chi connectivity index (χ0) is 10.3. The Hall–Kier alpha value is -0.0800. The van der Waals surface area contributed by atoms with Crippen molar-refractivity contribution in [3.63, 3.8) is 0 Å². The van der Waals surface area contributed by atoms with Gasteiger partial charge in [0.15, 0.2) is 0 Å². The van der Waals surface area contributed by atoms with Gasteiger partial charge in [0.1, 0.15) is 0 Å². The van der Waals surface area contributed by atoms with Crippen LogP contribution in [0.15, 0.2) is 0 Å². The van der Waals surface area contributed by atoms with Gasteiger partial charge < -0.3 is 9.84 Å². The van der Waals surface area contributed by atoms with E-state index in [2.05, 4.69) is 0 Å². The summed E-state index contributed by atoms with van der Waals surface area (Å²) in [5.74, 6) is 5.26. The van der Waals surface area contributed by atoms with E-state index < -0.39 is 0 Å². The molecular weight excluding hydrogens is 200 g/mol. The van der Waals surface area contributed by atoms with Crippen LogP contribution in [0, 0.1) is 40.4 Å². The lowest BCUT2D eigenvalue weighted by Gasteiger charge is -2.44. The molecule has 0 amide bonds. The first-order valence-corrected chi connectivity index (χ1v) is 7.00. The van der Waals surface area contributed by atoms with Crippen LogP contribution in [-0.4, -0.2) is 23.9 Å². The fraction of sp³-hybridized carbons (Fsp3) is 1.00. The Morgan fingerprint density at radius 1 is 1.25 bits per heavy atom. The summed E-state index contributed by atoms with van der Waals surface area (Å²) in [6.45, 7) is 1.22. The average molecular weight is 218 g/mol. The van der Waals surface area contributed by atoms with Crippen LogP contribution in [0.4, 0.5) is 0 Å². The number of hydrogen-bond acceptors (Lipinski definition) is 2. The minimum atomic E-state index is 0.176. The summed E-state index contributed by atoms with van der Waals surface area (Å²) in [6.07, 6.45) is 5.39. The van der Waals surface area contributed by atoms with Crippen LogP contribution in [0.5, 0.6) is 0 Å². The molecule has 6 saturated carbocycles. The molecule has 8 bridgehead atoms. The fourth-order valence-corrected chi connectivity index (χ4v) is 7.81. The summed E-state index contributed by atoms with van der Waals surface area (Å²) in [5, 5.41) is 9.74. The number of ether oxygens (including phenoxy) is 1. The average Bonchev–Trinajstić information content (AvgIpc) is 2.76. The van der Waals surface area contributed by atoms with Gasteiger partial charge in [-0.25, -0.2) is 0 Å². The number of aliphatic hydroxyl groups is 1. The molecule has 1 N–H and O–H groups in total. The highest BCUT2D eigenvalue weighted by atomic mass is 16.5. The van der Waals surface area contributed by atoms with E-state index >= 15 is 0 Å². The molecule has 7 rings (SSSR count). The molecule has 2 heteroatoms. The SMILES string of the molecule is OC[C@]12COC3(CC4C5C6CC4C3(C1)C65)C2. The largest absolute Gasteiger partial charge is 0.396 e. The number of aliphatic hydroxyl groups excluding tert-OH is 1. The Morgan fingerprint density at radius 3 is 2.94 bits per heavy atom. The molecule has 16 heavy (non-hydrogen) atoms. The van der Waals surface area contributed by atoms with Crippen LogP contribution in [0.2, 0.25) is 0 Å². The highest BCUT2D eigenvalue weighted by Crippen LogP contribution is 2.93. The smallest absolute Gasteiger partial charge is 0.0754 e. The molecule has 8 atom stereocenters. The van der Waals surface area contributed by atoms with Crippen LogP contribution < -0.4 is 0 Å². The van der Waals surface area contributed by atoms with Crippen molar-refractivity contribution in [1.29, 1.82) is 0 Å². The second kappa shape index (κ2) is 1.81. The first-order valence-electron chi connectivity index (χ1n) is 7.00. The molecule has 7 aliphatic rings. The third kappa shape index (κ3) is 0.475. The summed E-state index contributed by atoms with van der Waals surface area (Å²) in [5.41, 5.74) is 0.987. The second-order valence-electron chi connectivity index (χ2n) is 7.81. The van der Waals surface area contributed by atoms with Crippen molar-refractivity contribution in [1.82, 2.24) is 0 Å². The molecule has 0 aromatic rings. The molecule has 1 aliphatic heterocycles. The van der Waals surface area contributed by atoms with E-state index in [-0.39, 0.29) is 11.0 Å². The highest BCUT2D eigenvalue weighted by Gasteiger charge is 2.92. The van der Waals surface area contributed by atoms with Gasteiger partial charge in [-0.3, -0.25) is 0 Å². The highest BCUT2D eigenvalue weighted by molar-refractivity contribution is 5.40. The van der Waals surface area contributed by atoms with Crippen LogP contribution in [0.25, 0.3) is 0 Å². The lowest BCUT2D eigenvalue weighted by molar-refractivity contribution is -0.131. The van der Waals surface area contributed by atoms with E-state index in [0.29, 0.717) is 12.0 Å². The minimum Gasteiger partial charge on any atom is -0.396 e. The van der Waals surface area contributed by atoms with E-state index in [1.54, 1.807) is 0 Å². The Morgan fingerprint density at radius 2 is 2.19 bits per heavy atom. The van der Waals surface area contributed by atoms with E-state index in [1.807, 2.05) is 0 Å². The van der Waals surface area contributed by atoms with E-state index in [1.165, 1.54) is 25.7 Å². The second-order valence-corrected chi connectivity index (χ2v) is 7.81. The zero-order valence-electron chi connectivity index (χ0n) is 9.48. The number of rotatable bonds is 1. The quantitative estimate of drug-likeness (QED) is 0.721. The van der Waals surface area contributed by atoms with Gasteiger partial charge in [-0.15, -0.1) is 0 Å². The summed E-state index contributed by atoms with van der Waals surface area (Å²) < 4.78 is 6.32. The van der Waals surface area contributed by atoms with E-state index in [9.17, 15) is 5.11 Å². The molecule has 0 aromatic heterocycles. The van der Waals surface area contributed by atoms with Crippen molar-refractivity contribution in [3.05, 3.63) is 0 Å². The standard InChI is InChI=1S/C14H18O2/c15-5-12-3-13(16-6-12)2-8-9-1-7-10(8)11(7)14(9,13)4-12/h7-11,15H,1-6H2/t7?,8?,9?,10?,11?,12-,13?,14?/m1/s1. The van der Waals surface area contributed by atoms with Gasteiger partial charge in [-0.05, 0) is 55.3 Å². The third-order valence-electron chi connectivity index (χ3n) is 7.76. The molecule has 86 valence electrons. The van der Waals surface area contributed by atoms with Crippen molar-refractivity contribution in [2.75, 3.05) is 13.2 Å². The molecule has 7 unspecified atom stereocenters. The molecule has 2 nitrogen and oxygen atoms in total. The monoisotopic (exact) mass is 218 g/mol. The lowest BCUT2D eigenvalue weighted by Crippen LogP contribution is -2.46. The van der Waals surface area contributed by atoms with Crippen LogP contribution in [0.3, 0.4) is 0 Å². The molecule has 2 spiro atoms. The predicted octanol–water partition coefficient (Wildman–Crippen LogP) is 1.43. The van der Waals surface area contributed by atoms with E-state index in [4.69, 9.17) is 4.74 Å². The molecular formula is C14H18O2. The van der Waals surface area contributed by atoms with E-state index in [0.717, 1.165) is 36.2 Å². The van der Waals surface area contributed by atoms with Gasteiger partial charge in [0.2, 0.25) is 0 Å². The number of fused-ring (bicyclic) bond motifs is 1. The Kier molecular flexibility index (Phi) is 0.918. The molecule has 6 aliphatic carbocycles. The first-order chi connectivity index (χ1) is 7.75. The molecule has 1 heterocycles. The third-order valence-corrected chi connectivity index (χ3v) is 7.76. The maximum absolute atomic E-state index is 9.74. The minimum absolute atomic E-state index is 0.176. The van der Waals surface area contributed by atoms with Crippen LogP contribution in [-0.2, 0) is 4.74 Å². The summed E-state index contributed by atoms with van der Waals surface area (Å²) in [6, 6.07) is 0. The summed E-state index contributed by atoms with van der Waals surface area (Å²) in [7, 11) is 0. The van der Waals surface area contributed by atoms with Gasteiger partial charge in [-0.1, -0.05) is 0 Å². The Labute approximate surface area is 95.4 Å². The first kappa shape index (κ1) is 8.10. The fourth-order valence-electron chi connectivity index (χ4n) is 7.81. The lowest BCUT2D eigenvalue weighted by atomic mass is 9.69. The molecule has 0 aromatic carbocycles. The van der Waals surface area contributed by atoms with Crippen molar-refractivity contribution in [2.24, 2.45) is 40.4 Å². The normalized spacial score (nSPS) is 79.7. The molecule has 7 fully saturated rings. The van der Waals surface area contributed by atoms with Gasteiger partial charge in [0, 0.05) is 10.8 Å². The van der Waals surface area contributed by atoms with Gasteiger partial charge >= 0.3 is 0 Å². The predicted molar refractivity (Wildman–Crippen MR) is 56.6 cm³/mol. The van der Waals surface area contributed by atoms with Gasteiger partial charge in [0.05, 0.1) is 18.8 Å². The van der Waals surface area contributed by atoms with Crippen molar-refractivity contribution in [3.8, 4) is 0 Å². The summed E-state index contributed by atoms with van der Waals surface area (Å²) >= 11 is 0. The van der Waals surface area contributed by atoms with Crippen LogP contribution >= 0.6 is 0 Å². The summed E-state index contributed by atoms with van der Waals surface area (Å²) in [4.78, 5) is 0. The Balaban J connectivity index is 1.62. The molecule has 1 saturated heterocycles. The maximum Gasteiger partial charge on any atom is 0.0754 e. The van der Waals surface area contributed by atoms with Gasteiger partial charge in [-0.2, -0.15) is 0 Å². The maximum atomic E-state index is 9.74. The molecule has 0 radical (unpaired) electrons. The van der Waals surface area contributed by atoms with Crippen molar-refractivity contribution < 1.29 is 9.84 Å². The Bertz CT molecular complexity index is 434. The topological polar surface area (TPSA) is 29.5 Å².